The number of rotatable bonds is 2. The molecule has 0 aliphatic rings. The minimum Gasteiger partial charge on any atom is -0.339 e. The Morgan fingerprint density at radius 3 is 2.62 bits per heavy atom. The Balaban J connectivity index is 2.08. The smallest absolute Gasteiger partial charge is 0.339 e. The summed E-state index contributed by atoms with van der Waals surface area (Å²) in [4.78, 5) is 11.8. The van der Waals surface area contributed by atoms with E-state index in [1.807, 2.05) is 41.9 Å². The second kappa shape index (κ2) is 5.24. The van der Waals surface area contributed by atoms with E-state index in [4.69, 9.17) is 0 Å². The van der Waals surface area contributed by atoms with E-state index in [1.54, 1.807) is 25.5 Å². The lowest BCUT2D eigenvalue weighted by molar-refractivity contribution is 0.242. The summed E-state index contributed by atoms with van der Waals surface area (Å²) in [5, 5.41) is 11.0. The molecule has 21 heavy (non-hydrogen) atoms. The van der Waals surface area contributed by atoms with Gasteiger partial charge in [0, 0.05) is 12.6 Å². The third-order valence-corrected chi connectivity index (χ3v) is 3.34. The highest BCUT2D eigenvalue weighted by molar-refractivity contribution is 5.81. The molecule has 106 valence electrons. The van der Waals surface area contributed by atoms with Crippen molar-refractivity contribution < 1.29 is 4.79 Å². The zero-order valence-electron chi connectivity index (χ0n) is 11.8. The summed E-state index contributed by atoms with van der Waals surface area (Å²) in [6.07, 6.45) is 3.35. The van der Waals surface area contributed by atoms with E-state index >= 15 is 0 Å². The van der Waals surface area contributed by atoms with Gasteiger partial charge in [-0.05, 0) is 25.1 Å². The molecule has 0 atom stereocenters. The van der Waals surface area contributed by atoms with Gasteiger partial charge in [0.15, 0.2) is 0 Å². The van der Waals surface area contributed by atoms with Crippen LogP contribution in [0.25, 0.3) is 16.9 Å². The summed E-state index contributed by atoms with van der Waals surface area (Å²) in [7, 11) is 1.58. The topological polar surface area (TPSA) is 64.7 Å². The maximum absolute atomic E-state index is 11.8. The van der Waals surface area contributed by atoms with Gasteiger partial charge in [-0.15, -0.1) is 0 Å². The van der Waals surface area contributed by atoms with E-state index in [2.05, 4.69) is 15.5 Å². The molecule has 0 bridgehead atoms. The zero-order chi connectivity index (χ0) is 14.8. The number of hydrogen-bond acceptors (Lipinski definition) is 3. The lowest BCUT2D eigenvalue weighted by Crippen LogP contribution is -2.26. The average Bonchev–Trinajstić information content (AvgIpc) is 3.13. The van der Waals surface area contributed by atoms with Crippen molar-refractivity contribution in [1.82, 2.24) is 24.9 Å². The third kappa shape index (κ3) is 2.20. The minimum absolute atomic E-state index is 0.276. The van der Waals surface area contributed by atoms with Crippen molar-refractivity contribution >= 4 is 6.03 Å². The van der Waals surface area contributed by atoms with Gasteiger partial charge >= 0.3 is 6.03 Å². The van der Waals surface area contributed by atoms with Gasteiger partial charge in [0.05, 0.1) is 29.5 Å². The van der Waals surface area contributed by atoms with E-state index in [0.29, 0.717) is 5.69 Å². The first-order chi connectivity index (χ1) is 10.2. The summed E-state index contributed by atoms with van der Waals surface area (Å²) in [5.41, 5.74) is 3.52. The zero-order valence-corrected chi connectivity index (χ0v) is 11.8. The van der Waals surface area contributed by atoms with Crippen molar-refractivity contribution in [1.29, 1.82) is 0 Å². The quantitative estimate of drug-likeness (QED) is 0.783. The molecule has 1 aromatic carbocycles. The molecule has 3 aromatic rings. The summed E-state index contributed by atoms with van der Waals surface area (Å²) < 4.78 is 3.18. The number of nitrogens with zero attached hydrogens (tertiary/aromatic N) is 4. The van der Waals surface area contributed by atoms with Crippen LogP contribution in [0.15, 0.2) is 48.8 Å². The van der Waals surface area contributed by atoms with Crippen molar-refractivity contribution in [2.24, 2.45) is 0 Å². The number of hydrogen-bond donors (Lipinski definition) is 1. The summed E-state index contributed by atoms with van der Waals surface area (Å²) >= 11 is 0. The van der Waals surface area contributed by atoms with Crippen LogP contribution in [0.2, 0.25) is 0 Å². The van der Waals surface area contributed by atoms with E-state index in [-0.39, 0.29) is 6.03 Å². The standard InChI is InChI=1S/C15H15N5O/c1-11-13(14-8-9-17-20(14)15(21)16-2)10-18-19(11)12-6-4-3-5-7-12/h3-10H,1-2H3,(H,16,21). The Hall–Kier alpha value is -2.89. The van der Waals surface area contributed by atoms with Crippen molar-refractivity contribution in [2.75, 3.05) is 7.05 Å². The van der Waals surface area contributed by atoms with Gasteiger partial charge in [-0.2, -0.15) is 14.9 Å². The summed E-state index contributed by atoms with van der Waals surface area (Å²) in [6, 6.07) is 11.4. The maximum atomic E-state index is 11.8. The third-order valence-electron chi connectivity index (χ3n) is 3.34. The molecular formula is C15H15N5O. The van der Waals surface area contributed by atoms with Gasteiger partial charge in [-0.3, -0.25) is 0 Å². The molecule has 0 fully saturated rings. The molecule has 3 rings (SSSR count). The lowest BCUT2D eigenvalue weighted by atomic mass is 10.2. The van der Waals surface area contributed by atoms with Gasteiger partial charge in [-0.1, -0.05) is 18.2 Å². The monoisotopic (exact) mass is 281 g/mol. The fraction of sp³-hybridized carbons (Fsp3) is 0.133. The Kier molecular flexibility index (Phi) is 3.27. The minimum atomic E-state index is -0.276. The van der Waals surface area contributed by atoms with Crippen molar-refractivity contribution in [2.45, 2.75) is 6.92 Å². The number of amides is 1. The lowest BCUT2D eigenvalue weighted by Gasteiger charge is -2.07. The summed E-state index contributed by atoms with van der Waals surface area (Å²) in [5.74, 6) is 0. The van der Waals surface area contributed by atoms with Crippen LogP contribution >= 0.6 is 0 Å². The molecule has 6 heteroatoms. The van der Waals surface area contributed by atoms with Crippen LogP contribution in [0.3, 0.4) is 0 Å². The Bertz CT molecular complexity index is 772. The van der Waals surface area contributed by atoms with Gasteiger partial charge < -0.3 is 5.32 Å². The van der Waals surface area contributed by atoms with E-state index < -0.39 is 0 Å². The van der Waals surface area contributed by atoms with Crippen molar-refractivity contribution in [3.63, 3.8) is 0 Å². The Morgan fingerprint density at radius 1 is 1.14 bits per heavy atom. The van der Waals surface area contributed by atoms with Crippen LogP contribution in [0.5, 0.6) is 0 Å². The number of benzene rings is 1. The molecule has 0 aliphatic heterocycles. The Morgan fingerprint density at radius 2 is 1.90 bits per heavy atom. The normalized spacial score (nSPS) is 10.6. The van der Waals surface area contributed by atoms with Crippen LogP contribution < -0.4 is 5.32 Å². The van der Waals surface area contributed by atoms with Crippen LogP contribution in [0.4, 0.5) is 4.79 Å². The van der Waals surface area contributed by atoms with Gasteiger partial charge in [0.25, 0.3) is 0 Å². The number of carbonyl (C=O) groups is 1. The number of nitrogens with one attached hydrogen (secondary N) is 1. The number of aromatic nitrogens is 4. The fourth-order valence-electron chi connectivity index (χ4n) is 2.27. The van der Waals surface area contributed by atoms with Gasteiger partial charge in [0.2, 0.25) is 0 Å². The molecule has 1 amide bonds. The number of carbonyl (C=O) groups excluding carboxylic acids is 1. The predicted octanol–water partition coefficient (Wildman–Crippen LogP) is 2.23. The molecule has 0 spiro atoms. The van der Waals surface area contributed by atoms with Crippen LogP contribution in [-0.4, -0.2) is 32.6 Å². The molecule has 2 heterocycles. The SMILES string of the molecule is CNC(=O)n1nccc1-c1cnn(-c2ccccc2)c1C. The van der Waals surface area contributed by atoms with Gasteiger partial charge in [-0.25, -0.2) is 9.48 Å². The van der Waals surface area contributed by atoms with E-state index in [0.717, 1.165) is 16.9 Å². The average molecular weight is 281 g/mol. The second-order valence-corrected chi connectivity index (χ2v) is 4.57. The molecule has 1 N–H and O–H groups in total. The molecule has 0 saturated heterocycles. The molecular weight excluding hydrogens is 266 g/mol. The highest BCUT2D eigenvalue weighted by Gasteiger charge is 2.16. The van der Waals surface area contributed by atoms with Crippen LogP contribution in [0, 0.1) is 6.92 Å². The van der Waals surface area contributed by atoms with Gasteiger partial charge in [0.1, 0.15) is 0 Å². The molecule has 6 nitrogen and oxygen atoms in total. The molecule has 0 saturated carbocycles. The van der Waals surface area contributed by atoms with E-state index in [1.165, 1.54) is 4.68 Å². The first-order valence-electron chi connectivity index (χ1n) is 6.59. The highest BCUT2D eigenvalue weighted by Crippen LogP contribution is 2.24. The highest BCUT2D eigenvalue weighted by atomic mass is 16.2. The van der Waals surface area contributed by atoms with E-state index in [9.17, 15) is 4.79 Å². The number of para-hydroxylation sites is 1. The van der Waals surface area contributed by atoms with Crippen molar-refractivity contribution in [3.8, 4) is 16.9 Å². The predicted molar refractivity (Wildman–Crippen MR) is 79.4 cm³/mol. The first kappa shape index (κ1) is 13.1. The maximum Gasteiger partial charge on any atom is 0.342 e. The largest absolute Gasteiger partial charge is 0.342 e. The molecule has 0 unspecified atom stereocenters. The van der Waals surface area contributed by atoms with Crippen LogP contribution in [0.1, 0.15) is 5.69 Å². The fourth-order valence-corrected chi connectivity index (χ4v) is 2.27. The van der Waals surface area contributed by atoms with Crippen molar-refractivity contribution in [3.05, 3.63) is 54.5 Å². The second-order valence-electron chi connectivity index (χ2n) is 4.57. The summed E-state index contributed by atoms with van der Waals surface area (Å²) in [6.45, 7) is 1.97. The molecule has 0 aliphatic carbocycles. The van der Waals surface area contributed by atoms with Crippen LogP contribution in [-0.2, 0) is 0 Å². The first-order valence-corrected chi connectivity index (χ1v) is 6.59. The Labute approximate surface area is 122 Å². The molecule has 0 radical (unpaired) electrons. The molecule has 2 aromatic heterocycles.